The normalized spacial score (nSPS) is 14.6. The Hall–Kier alpha value is -2.17. The van der Waals surface area contributed by atoms with Crippen molar-refractivity contribution in [2.24, 2.45) is 0 Å². The molecule has 0 aromatic heterocycles. The first-order valence-corrected chi connectivity index (χ1v) is 8.07. The van der Waals surface area contributed by atoms with Crippen molar-refractivity contribution in [2.75, 3.05) is 17.2 Å². The van der Waals surface area contributed by atoms with Gasteiger partial charge in [0.2, 0.25) is 0 Å². The molecule has 0 aliphatic carbocycles. The molecule has 5 heteroatoms. The van der Waals surface area contributed by atoms with Gasteiger partial charge in [-0.2, -0.15) is 13.2 Å². The van der Waals surface area contributed by atoms with Crippen LogP contribution in [0.4, 0.5) is 24.5 Å². The molecule has 0 radical (unpaired) electrons. The Morgan fingerprint density at radius 1 is 1.12 bits per heavy atom. The second kappa shape index (κ2) is 6.04. The molecular formula is C19H21F3N2. The van der Waals surface area contributed by atoms with Crippen LogP contribution in [0.25, 0.3) is 0 Å². The van der Waals surface area contributed by atoms with E-state index in [1.165, 1.54) is 5.56 Å². The first kappa shape index (κ1) is 16.7. The van der Waals surface area contributed by atoms with E-state index in [0.29, 0.717) is 6.54 Å². The summed E-state index contributed by atoms with van der Waals surface area (Å²) >= 11 is 0. The number of rotatable bonds is 2. The standard InChI is InChI=1S/C19H21F3N2/c1-12-10-17-16(13(2)18(12)23)4-3-9-24(17)11-14-5-7-15(8-6-14)19(20,21)22/h5-8,10H,3-4,9,11,23H2,1-2H3. The number of anilines is 2. The zero-order valence-electron chi connectivity index (χ0n) is 13.9. The maximum absolute atomic E-state index is 12.7. The van der Waals surface area contributed by atoms with Crippen LogP contribution in [0, 0.1) is 13.8 Å². The molecule has 0 spiro atoms. The van der Waals surface area contributed by atoms with E-state index in [2.05, 4.69) is 11.0 Å². The molecule has 1 heterocycles. The second-order valence-corrected chi connectivity index (χ2v) is 6.45. The van der Waals surface area contributed by atoms with Gasteiger partial charge < -0.3 is 10.6 Å². The number of alkyl halides is 3. The molecule has 0 saturated carbocycles. The van der Waals surface area contributed by atoms with Gasteiger partial charge in [0.1, 0.15) is 0 Å². The van der Waals surface area contributed by atoms with Gasteiger partial charge in [-0.25, -0.2) is 0 Å². The van der Waals surface area contributed by atoms with E-state index < -0.39 is 11.7 Å². The van der Waals surface area contributed by atoms with Crippen LogP contribution >= 0.6 is 0 Å². The topological polar surface area (TPSA) is 29.3 Å². The van der Waals surface area contributed by atoms with Crippen LogP contribution in [0.1, 0.15) is 34.2 Å². The van der Waals surface area contributed by atoms with Gasteiger partial charge in [-0.05, 0) is 67.1 Å². The third-order valence-electron chi connectivity index (χ3n) is 4.79. The maximum atomic E-state index is 12.7. The van der Waals surface area contributed by atoms with Crippen LogP contribution in [0.3, 0.4) is 0 Å². The smallest absolute Gasteiger partial charge is 0.398 e. The highest BCUT2D eigenvalue weighted by atomic mass is 19.4. The summed E-state index contributed by atoms with van der Waals surface area (Å²) in [6.45, 7) is 5.54. The Bertz CT molecular complexity index is 749. The molecule has 0 amide bonds. The van der Waals surface area contributed by atoms with Crippen LogP contribution in [-0.4, -0.2) is 6.54 Å². The van der Waals surface area contributed by atoms with Gasteiger partial charge >= 0.3 is 6.18 Å². The highest BCUT2D eigenvalue weighted by molar-refractivity contribution is 5.69. The predicted octanol–water partition coefficient (Wildman–Crippen LogP) is 4.86. The summed E-state index contributed by atoms with van der Waals surface area (Å²) in [6.07, 6.45) is -2.27. The van der Waals surface area contributed by atoms with Crippen molar-refractivity contribution >= 4 is 11.4 Å². The first-order chi connectivity index (χ1) is 11.3. The maximum Gasteiger partial charge on any atom is 0.416 e. The fourth-order valence-electron chi connectivity index (χ4n) is 3.37. The van der Waals surface area contributed by atoms with Crippen LogP contribution in [-0.2, 0) is 19.1 Å². The van der Waals surface area contributed by atoms with Gasteiger partial charge in [0.25, 0.3) is 0 Å². The van der Waals surface area contributed by atoms with E-state index in [1.54, 1.807) is 12.1 Å². The molecule has 0 atom stereocenters. The predicted molar refractivity (Wildman–Crippen MR) is 91.1 cm³/mol. The molecule has 128 valence electrons. The first-order valence-electron chi connectivity index (χ1n) is 8.07. The number of hydrogen-bond acceptors (Lipinski definition) is 2. The molecule has 24 heavy (non-hydrogen) atoms. The van der Waals surface area contributed by atoms with Crippen molar-refractivity contribution in [3.63, 3.8) is 0 Å². The summed E-state index contributed by atoms with van der Waals surface area (Å²) in [6, 6.07) is 7.53. The number of fused-ring (bicyclic) bond motifs is 1. The van der Waals surface area contributed by atoms with E-state index >= 15 is 0 Å². The van der Waals surface area contributed by atoms with Gasteiger partial charge in [0.05, 0.1) is 5.56 Å². The van der Waals surface area contributed by atoms with Gasteiger partial charge in [-0.15, -0.1) is 0 Å². The molecule has 0 unspecified atom stereocenters. The van der Waals surface area contributed by atoms with Crippen LogP contribution in [0.2, 0.25) is 0 Å². The van der Waals surface area contributed by atoms with Crippen molar-refractivity contribution in [1.82, 2.24) is 0 Å². The van der Waals surface area contributed by atoms with Crippen molar-refractivity contribution in [3.8, 4) is 0 Å². The van der Waals surface area contributed by atoms with Crippen molar-refractivity contribution in [3.05, 3.63) is 58.1 Å². The van der Waals surface area contributed by atoms with E-state index in [9.17, 15) is 13.2 Å². The van der Waals surface area contributed by atoms with E-state index in [0.717, 1.165) is 59.6 Å². The number of benzene rings is 2. The number of hydrogen-bond donors (Lipinski definition) is 1. The monoisotopic (exact) mass is 334 g/mol. The zero-order chi connectivity index (χ0) is 17.5. The van der Waals surface area contributed by atoms with Gasteiger partial charge in [0, 0.05) is 24.5 Å². The molecule has 2 aromatic carbocycles. The minimum Gasteiger partial charge on any atom is -0.398 e. The Balaban J connectivity index is 1.88. The highest BCUT2D eigenvalue weighted by Crippen LogP contribution is 2.36. The lowest BCUT2D eigenvalue weighted by atomic mass is 9.93. The third kappa shape index (κ3) is 3.07. The molecule has 0 saturated heterocycles. The summed E-state index contributed by atoms with van der Waals surface area (Å²) in [4.78, 5) is 2.24. The fraction of sp³-hybridized carbons (Fsp3) is 0.368. The van der Waals surface area contributed by atoms with E-state index in [1.807, 2.05) is 13.8 Å². The SMILES string of the molecule is Cc1cc2c(c(C)c1N)CCCN2Cc1ccc(C(F)(F)F)cc1. The third-order valence-corrected chi connectivity index (χ3v) is 4.79. The van der Waals surface area contributed by atoms with E-state index in [-0.39, 0.29) is 0 Å². The molecule has 2 aromatic rings. The lowest BCUT2D eigenvalue weighted by Gasteiger charge is -2.33. The Kier molecular flexibility index (Phi) is 4.20. The van der Waals surface area contributed by atoms with E-state index in [4.69, 9.17) is 5.73 Å². The molecule has 2 nitrogen and oxygen atoms in total. The minimum atomic E-state index is -4.29. The molecular weight excluding hydrogens is 313 g/mol. The molecule has 3 rings (SSSR count). The highest BCUT2D eigenvalue weighted by Gasteiger charge is 2.30. The largest absolute Gasteiger partial charge is 0.416 e. The molecule has 1 aliphatic rings. The van der Waals surface area contributed by atoms with Crippen molar-refractivity contribution < 1.29 is 13.2 Å². The molecule has 2 N–H and O–H groups in total. The van der Waals surface area contributed by atoms with Crippen LogP contribution in [0.15, 0.2) is 30.3 Å². The lowest BCUT2D eigenvalue weighted by molar-refractivity contribution is -0.137. The number of nitrogen functional groups attached to an aromatic ring is 1. The van der Waals surface area contributed by atoms with Crippen LogP contribution < -0.4 is 10.6 Å². The second-order valence-electron chi connectivity index (χ2n) is 6.45. The van der Waals surface area contributed by atoms with Crippen LogP contribution in [0.5, 0.6) is 0 Å². The van der Waals surface area contributed by atoms with Gasteiger partial charge in [-0.1, -0.05) is 12.1 Å². The van der Waals surface area contributed by atoms with Crippen molar-refractivity contribution in [1.29, 1.82) is 0 Å². The lowest BCUT2D eigenvalue weighted by Crippen LogP contribution is -2.29. The fourth-order valence-corrected chi connectivity index (χ4v) is 3.37. The molecule has 0 bridgehead atoms. The Morgan fingerprint density at radius 2 is 1.79 bits per heavy atom. The number of nitrogens with zero attached hydrogens (tertiary/aromatic N) is 1. The summed E-state index contributed by atoms with van der Waals surface area (Å²) in [5.74, 6) is 0. The summed E-state index contributed by atoms with van der Waals surface area (Å²) < 4.78 is 38.0. The molecule has 0 fully saturated rings. The van der Waals surface area contributed by atoms with Crippen molar-refractivity contribution in [2.45, 2.75) is 39.4 Å². The number of aryl methyl sites for hydroxylation is 1. The average Bonchev–Trinajstić information content (AvgIpc) is 2.53. The zero-order valence-corrected chi connectivity index (χ0v) is 13.9. The Labute approximate surface area is 140 Å². The Morgan fingerprint density at radius 3 is 2.42 bits per heavy atom. The minimum absolute atomic E-state index is 0.605. The summed E-state index contributed by atoms with van der Waals surface area (Å²) in [7, 11) is 0. The number of halogens is 3. The molecule has 1 aliphatic heterocycles. The summed E-state index contributed by atoms with van der Waals surface area (Å²) in [5.41, 5.74) is 11.8. The van der Waals surface area contributed by atoms with Gasteiger partial charge in [0.15, 0.2) is 0 Å². The number of nitrogens with two attached hydrogens (primary N) is 1. The quantitative estimate of drug-likeness (QED) is 0.795. The average molecular weight is 334 g/mol. The summed E-state index contributed by atoms with van der Waals surface area (Å²) in [5, 5.41) is 0. The van der Waals surface area contributed by atoms with Gasteiger partial charge in [-0.3, -0.25) is 0 Å².